The Balaban J connectivity index is 1.90. The highest BCUT2D eigenvalue weighted by atomic mass is 79.9. The Labute approximate surface area is 138 Å². The molecule has 2 N–H and O–H groups in total. The lowest BCUT2D eigenvalue weighted by Gasteiger charge is -2.24. The molecule has 5 nitrogen and oxygen atoms in total. The van der Waals surface area contributed by atoms with Gasteiger partial charge in [0.05, 0.1) is 6.54 Å². The minimum absolute atomic E-state index is 0.224. The number of nitrogens with one attached hydrogen (secondary N) is 2. The van der Waals surface area contributed by atoms with Gasteiger partial charge in [-0.3, -0.25) is 15.0 Å². The summed E-state index contributed by atoms with van der Waals surface area (Å²) in [7, 11) is 0. The summed E-state index contributed by atoms with van der Waals surface area (Å²) in [6.45, 7) is 4.93. The summed E-state index contributed by atoms with van der Waals surface area (Å²) >= 11 is 3.43. The Morgan fingerprint density at radius 3 is 2.77 bits per heavy atom. The van der Waals surface area contributed by atoms with Gasteiger partial charge in [-0.1, -0.05) is 34.1 Å². The molecule has 0 aliphatic carbocycles. The summed E-state index contributed by atoms with van der Waals surface area (Å²) < 4.78 is 1.04. The van der Waals surface area contributed by atoms with Gasteiger partial charge in [-0.05, 0) is 37.1 Å². The smallest absolute Gasteiger partial charge is 0.321 e. The Hall–Kier alpha value is -1.66. The quantitative estimate of drug-likeness (QED) is 0.788. The number of benzene rings is 1. The van der Waals surface area contributed by atoms with Gasteiger partial charge in [0.25, 0.3) is 0 Å². The Morgan fingerprint density at radius 2 is 2.09 bits per heavy atom. The molecule has 0 saturated carbocycles. The van der Waals surface area contributed by atoms with E-state index in [0.717, 1.165) is 23.9 Å². The van der Waals surface area contributed by atoms with Gasteiger partial charge in [0.1, 0.15) is 0 Å². The molecule has 1 atom stereocenters. The zero-order valence-corrected chi connectivity index (χ0v) is 13.9. The third-order valence-corrected chi connectivity index (χ3v) is 4.15. The number of amides is 3. The van der Waals surface area contributed by atoms with Crippen LogP contribution in [0.15, 0.2) is 41.4 Å². The topological polar surface area (TPSA) is 61.4 Å². The van der Waals surface area contributed by atoms with Crippen molar-refractivity contribution < 1.29 is 9.59 Å². The van der Waals surface area contributed by atoms with Crippen molar-refractivity contribution in [2.75, 3.05) is 19.6 Å². The molecule has 0 spiro atoms. The Bertz CT molecular complexity index is 545. The number of rotatable bonds is 5. The van der Waals surface area contributed by atoms with Gasteiger partial charge < -0.3 is 5.32 Å². The third kappa shape index (κ3) is 4.68. The molecule has 1 aromatic carbocycles. The van der Waals surface area contributed by atoms with E-state index in [2.05, 4.69) is 50.2 Å². The van der Waals surface area contributed by atoms with E-state index in [1.807, 2.05) is 12.1 Å². The first-order chi connectivity index (χ1) is 10.6. The monoisotopic (exact) mass is 365 g/mol. The second-order valence-electron chi connectivity index (χ2n) is 5.23. The van der Waals surface area contributed by atoms with E-state index in [1.165, 1.54) is 5.56 Å². The summed E-state index contributed by atoms with van der Waals surface area (Å²) in [6, 6.07) is 7.91. The van der Waals surface area contributed by atoms with Crippen LogP contribution >= 0.6 is 15.9 Å². The van der Waals surface area contributed by atoms with Crippen LogP contribution in [0.3, 0.4) is 0 Å². The zero-order chi connectivity index (χ0) is 15.9. The number of likely N-dealkylation sites (tertiary alicyclic amines) is 1. The van der Waals surface area contributed by atoms with Crippen LogP contribution < -0.4 is 10.6 Å². The molecule has 22 heavy (non-hydrogen) atoms. The molecule has 6 heteroatoms. The third-order valence-electron chi connectivity index (χ3n) is 3.63. The molecule has 1 aromatic rings. The molecule has 118 valence electrons. The average Bonchev–Trinajstić information content (AvgIpc) is 2.93. The van der Waals surface area contributed by atoms with E-state index in [-0.39, 0.29) is 18.5 Å². The second-order valence-corrected chi connectivity index (χ2v) is 6.14. The van der Waals surface area contributed by atoms with Gasteiger partial charge in [-0.15, -0.1) is 6.58 Å². The first kappa shape index (κ1) is 16.7. The maximum atomic E-state index is 12.0. The van der Waals surface area contributed by atoms with Gasteiger partial charge in [0, 0.05) is 17.1 Å². The SMILES string of the molecule is C=CCNC(=O)NC(=O)CN1CCCC1c1ccc(Br)cc1. The van der Waals surface area contributed by atoms with Crippen LogP contribution in [0.1, 0.15) is 24.4 Å². The predicted octanol–water partition coefficient (Wildman–Crippen LogP) is 2.60. The lowest BCUT2D eigenvalue weighted by atomic mass is 10.0. The summed E-state index contributed by atoms with van der Waals surface area (Å²) in [5.41, 5.74) is 1.20. The van der Waals surface area contributed by atoms with Crippen molar-refractivity contribution in [3.63, 3.8) is 0 Å². The lowest BCUT2D eigenvalue weighted by Crippen LogP contribution is -2.44. The van der Waals surface area contributed by atoms with Crippen LogP contribution in [0.5, 0.6) is 0 Å². The average molecular weight is 366 g/mol. The predicted molar refractivity (Wildman–Crippen MR) is 89.4 cm³/mol. The van der Waals surface area contributed by atoms with E-state index in [0.29, 0.717) is 6.54 Å². The van der Waals surface area contributed by atoms with Gasteiger partial charge >= 0.3 is 6.03 Å². The fourth-order valence-corrected chi connectivity index (χ4v) is 2.90. The summed E-state index contributed by atoms with van der Waals surface area (Å²) in [5, 5.41) is 4.86. The number of halogens is 1. The molecule has 0 radical (unpaired) electrons. The number of hydrogen-bond acceptors (Lipinski definition) is 3. The minimum atomic E-state index is -0.482. The largest absolute Gasteiger partial charge is 0.334 e. The number of nitrogens with zero attached hydrogens (tertiary/aromatic N) is 1. The van der Waals surface area contributed by atoms with Gasteiger partial charge in [0.2, 0.25) is 5.91 Å². The number of carbonyl (C=O) groups excluding carboxylic acids is 2. The van der Waals surface area contributed by atoms with Gasteiger partial charge in [-0.25, -0.2) is 4.79 Å². The molecular formula is C16H20BrN3O2. The molecule has 3 amide bonds. The second kappa shape index (κ2) is 8.10. The van der Waals surface area contributed by atoms with Crippen LogP contribution in [-0.2, 0) is 4.79 Å². The molecule has 1 fully saturated rings. The van der Waals surface area contributed by atoms with Gasteiger partial charge in [0.15, 0.2) is 0 Å². The molecule has 1 saturated heterocycles. The summed E-state index contributed by atoms with van der Waals surface area (Å²) in [4.78, 5) is 25.5. The van der Waals surface area contributed by atoms with E-state index < -0.39 is 6.03 Å². The van der Waals surface area contributed by atoms with Crippen molar-refractivity contribution in [3.8, 4) is 0 Å². The molecule has 2 rings (SSSR count). The number of urea groups is 1. The lowest BCUT2D eigenvalue weighted by molar-refractivity contribution is -0.121. The normalized spacial score (nSPS) is 18.0. The highest BCUT2D eigenvalue weighted by molar-refractivity contribution is 9.10. The number of imide groups is 1. The maximum absolute atomic E-state index is 12.0. The number of hydrogen-bond donors (Lipinski definition) is 2. The summed E-state index contributed by atoms with van der Waals surface area (Å²) in [5.74, 6) is -0.287. The molecule has 0 aromatic heterocycles. The van der Waals surface area contributed by atoms with Crippen LogP contribution in [0.2, 0.25) is 0 Å². The van der Waals surface area contributed by atoms with E-state index >= 15 is 0 Å². The van der Waals surface area contributed by atoms with Crippen molar-refractivity contribution in [2.45, 2.75) is 18.9 Å². The summed E-state index contributed by atoms with van der Waals surface area (Å²) in [6.07, 6.45) is 3.64. The molecule has 1 unspecified atom stereocenters. The molecule has 0 bridgehead atoms. The first-order valence-corrected chi connectivity index (χ1v) is 8.07. The fraction of sp³-hybridized carbons (Fsp3) is 0.375. The molecular weight excluding hydrogens is 346 g/mol. The van der Waals surface area contributed by atoms with Crippen molar-refractivity contribution in [1.29, 1.82) is 0 Å². The highest BCUT2D eigenvalue weighted by Gasteiger charge is 2.27. The van der Waals surface area contributed by atoms with E-state index in [9.17, 15) is 9.59 Å². The van der Waals surface area contributed by atoms with E-state index in [4.69, 9.17) is 0 Å². The van der Waals surface area contributed by atoms with Crippen LogP contribution in [0.4, 0.5) is 4.79 Å². The van der Waals surface area contributed by atoms with Crippen molar-refractivity contribution in [2.24, 2.45) is 0 Å². The van der Waals surface area contributed by atoms with Crippen molar-refractivity contribution >= 4 is 27.9 Å². The van der Waals surface area contributed by atoms with Crippen molar-refractivity contribution in [3.05, 3.63) is 47.0 Å². The Kier molecular flexibility index (Phi) is 6.15. The fourth-order valence-electron chi connectivity index (χ4n) is 2.64. The van der Waals surface area contributed by atoms with Crippen LogP contribution in [0, 0.1) is 0 Å². The molecule has 1 aliphatic heterocycles. The standard InChI is InChI=1S/C16H20BrN3O2/c1-2-9-18-16(22)19-15(21)11-20-10-3-4-14(20)12-5-7-13(17)8-6-12/h2,5-8,14H,1,3-4,9-11H2,(H2,18,19,21,22). The van der Waals surface area contributed by atoms with E-state index in [1.54, 1.807) is 6.08 Å². The Morgan fingerprint density at radius 1 is 1.36 bits per heavy atom. The maximum Gasteiger partial charge on any atom is 0.321 e. The molecule has 1 aliphatic rings. The van der Waals surface area contributed by atoms with Crippen LogP contribution in [-0.4, -0.2) is 36.5 Å². The minimum Gasteiger partial charge on any atom is -0.334 e. The van der Waals surface area contributed by atoms with Crippen molar-refractivity contribution in [1.82, 2.24) is 15.5 Å². The van der Waals surface area contributed by atoms with Gasteiger partial charge in [-0.2, -0.15) is 0 Å². The highest BCUT2D eigenvalue weighted by Crippen LogP contribution is 2.31. The molecule has 1 heterocycles. The zero-order valence-electron chi connectivity index (χ0n) is 12.3. The number of carbonyl (C=O) groups is 2. The first-order valence-electron chi connectivity index (χ1n) is 7.28. The van der Waals surface area contributed by atoms with Crippen LogP contribution in [0.25, 0.3) is 0 Å².